The smallest absolute Gasteiger partial charge is 0.251 e. The molecule has 19 heavy (non-hydrogen) atoms. The summed E-state index contributed by atoms with van der Waals surface area (Å²) in [5.74, 6) is -1.13. The van der Waals surface area contributed by atoms with E-state index in [4.69, 9.17) is 0 Å². The van der Waals surface area contributed by atoms with E-state index in [0.717, 1.165) is 0 Å². The van der Waals surface area contributed by atoms with E-state index in [-0.39, 0.29) is 19.6 Å². The van der Waals surface area contributed by atoms with Gasteiger partial charge < -0.3 is 15.7 Å². The van der Waals surface area contributed by atoms with Crippen molar-refractivity contribution in [1.82, 2.24) is 16.0 Å². The van der Waals surface area contributed by atoms with Crippen LogP contribution in [0.4, 0.5) is 0 Å². The number of rotatable bonds is 10. The average Bonchev–Trinajstić information content (AvgIpc) is 2.42. The lowest BCUT2D eigenvalue weighted by atomic mass is 10.1. The van der Waals surface area contributed by atoms with Crippen LogP contribution in [-0.4, -0.2) is 48.7 Å². The Balaban J connectivity index is 4.65. The van der Waals surface area contributed by atoms with Gasteiger partial charge in [0, 0.05) is 19.6 Å². The van der Waals surface area contributed by atoms with Crippen molar-refractivity contribution in [3.8, 4) is 0 Å². The predicted molar refractivity (Wildman–Crippen MR) is 74.4 cm³/mol. The summed E-state index contributed by atoms with van der Waals surface area (Å²) in [5, 5.41) is 17.6. The molecule has 0 unspecified atom stereocenters. The standard InChI is InChI=1S/C13H21N3O3/c1-4-7-14-10(12(18)15-8-5-2)11(17)13(19)16-9-6-3/h4-6,10-11,14,17H,1-3,7-9H2,(H,15,18)(H,16,19)/t10-,11+/m0/s1. The number of hydrogen-bond donors (Lipinski definition) is 4. The van der Waals surface area contributed by atoms with Crippen molar-refractivity contribution in [2.75, 3.05) is 19.6 Å². The lowest BCUT2D eigenvalue weighted by Gasteiger charge is -2.22. The molecule has 0 heterocycles. The average molecular weight is 267 g/mol. The highest BCUT2D eigenvalue weighted by molar-refractivity contribution is 5.91. The summed E-state index contributed by atoms with van der Waals surface area (Å²) < 4.78 is 0. The fraction of sp³-hybridized carbons (Fsp3) is 0.385. The van der Waals surface area contributed by atoms with Gasteiger partial charge in [0.15, 0.2) is 6.10 Å². The van der Waals surface area contributed by atoms with Gasteiger partial charge in [-0.3, -0.25) is 14.9 Å². The van der Waals surface area contributed by atoms with Crippen molar-refractivity contribution in [3.63, 3.8) is 0 Å². The van der Waals surface area contributed by atoms with Crippen molar-refractivity contribution in [1.29, 1.82) is 0 Å². The topological polar surface area (TPSA) is 90.5 Å². The minimum absolute atomic E-state index is 0.221. The maximum Gasteiger partial charge on any atom is 0.251 e. The van der Waals surface area contributed by atoms with Crippen molar-refractivity contribution in [3.05, 3.63) is 38.0 Å². The highest BCUT2D eigenvalue weighted by Gasteiger charge is 2.30. The summed E-state index contributed by atoms with van der Waals surface area (Å²) in [5.41, 5.74) is 0. The van der Waals surface area contributed by atoms with Crippen LogP contribution >= 0.6 is 0 Å². The molecule has 0 aliphatic rings. The molecule has 0 bridgehead atoms. The zero-order chi connectivity index (χ0) is 14.7. The molecular weight excluding hydrogens is 246 g/mol. The largest absolute Gasteiger partial charge is 0.381 e. The second-order valence-corrected chi connectivity index (χ2v) is 3.69. The number of carbonyl (C=O) groups is 2. The van der Waals surface area contributed by atoms with Crippen LogP contribution in [0.5, 0.6) is 0 Å². The second kappa shape index (κ2) is 10.0. The molecule has 4 N–H and O–H groups in total. The Bertz CT molecular complexity index is 342. The van der Waals surface area contributed by atoms with E-state index in [0.29, 0.717) is 0 Å². The van der Waals surface area contributed by atoms with Gasteiger partial charge in [-0.25, -0.2) is 0 Å². The Hall–Kier alpha value is -1.92. The number of nitrogens with one attached hydrogen (secondary N) is 3. The van der Waals surface area contributed by atoms with Crippen molar-refractivity contribution < 1.29 is 14.7 Å². The van der Waals surface area contributed by atoms with Gasteiger partial charge in [0.2, 0.25) is 5.91 Å². The molecule has 6 nitrogen and oxygen atoms in total. The minimum atomic E-state index is -1.50. The Kier molecular flexibility index (Phi) is 9.03. The number of aliphatic hydroxyl groups is 1. The SMILES string of the molecule is C=CCNC(=O)[C@@H](NCC=C)[C@@H](O)C(=O)NCC=C. The van der Waals surface area contributed by atoms with Gasteiger partial charge in [-0.1, -0.05) is 18.2 Å². The normalized spacial score (nSPS) is 12.9. The van der Waals surface area contributed by atoms with E-state index >= 15 is 0 Å². The number of hydrogen-bond acceptors (Lipinski definition) is 4. The van der Waals surface area contributed by atoms with Crippen LogP contribution in [0.3, 0.4) is 0 Å². The molecule has 0 radical (unpaired) electrons. The zero-order valence-corrected chi connectivity index (χ0v) is 10.9. The van der Waals surface area contributed by atoms with Gasteiger partial charge in [-0.05, 0) is 0 Å². The Labute approximate surface area is 113 Å². The molecule has 0 aromatic heterocycles. The summed E-state index contributed by atoms with van der Waals surface area (Å²) >= 11 is 0. The fourth-order valence-electron chi connectivity index (χ4n) is 1.27. The third-order valence-electron chi connectivity index (χ3n) is 2.19. The summed E-state index contributed by atoms with van der Waals surface area (Å²) in [6, 6.07) is -1.05. The highest BCUT2D eigenvalue weighted by atomic mass is 16.3. The van der Waals surface area contributed by atoms with Crippen molar-refractivity contribution in [2.24, 2.45) is 0 Å². The number of aliphatic hydroxyl groups excluding tert-OH is 1. The Morgan fingerprint density at radius 1 is 0.947 bits per heavy atom. The zero-order valence-electron chi connectivity index (χ0n) is 10.9. The third kappa shape index (κ3) is 6.54. The van der Waals surface area contributed by atoms with E-state index < -0.39 is 24.0 Å². The maximum absolute atomic E-state index is 11.8. The van der Waals surface area contributed by atoms with Crippen molar-refractivity contribution in [2.45, 2.75) is 12.1 Å². The van der Waals surface area contributed by atoms with E-state index in [1.54, 1.807) is 0 Å². The lowest BCUT2D eigenvalue weighted by molar-refractivity contribution is -0.137. The molecule has 0 saturated carbocycles. The summed E-state index contributed by atoms with van der Waals surface area (Å²) in [6.45, 7) is 11.2. The van der Waals surface area contributed by atoms with E-state index in [1.165, 1.54) is 18.2 Å². The first-order valence-electron chi connectivity index (χ1n) is 5.88. The van der Waals surface area contributed by atoms with Crippen LogP contribution in [0.2, 0.25) is 0 Å². The number of amides is 2. The Morgan fingerprint density at radius 3 is 1.89 bits per heavy atom. The molecule has 2 amide bonds. The molecule has 0 saturated heterocycles. The highest BCUT2D eigenvalue weighted by Crippen LogP contribution is 1.95. The summed E-state index contributed by atoms with van der Waals surface area (Å²) in [7, 11) is 0. The molecule has 0 aromatic rings. The summed E-state index contributed by atoms with van der Waals surface area (Å²) in [6.07, 6.45) is 3.02. The molecule has 0 aromatic carbocycles. The van der Waals surface area contributed by atoms with Gasteiger partial charge >= 0.3 is 0 Å². The molecule has 0 fully saturated rings. The van der Waals surface area contributed by atoms with Crippen LogP contribution in [0.1, 0.15) is 0 Å². The van der Waals surface area contributed by atoms with Gasteiger partial charge in [0.25, 0.3) is 5.91 Å². The third-order valence-corrected chi connectivity index (χ3v) is 2.19. The van der Waals surface area contributed by atoms with Crippen LogP contribution in [0.25, 0.3) is 0 Å². The van der Waals surface area contributed by atoms with Gasteiger partial charge in [0.05, 0.1) is 0 Å². The fourth-order valence-corrected chi connectivity index (χ4v) is 1.27. The van der Waals surface area contributed by atoms with E-state index in [9.17, 15) is 14.7 Å². The maximum atomic E-state index is 11.8. The monoisotopic (exact) mass is 267 g/mol. The predicted octanol–water partition coefficient (Wildman–Crippen LogP) is -0.904. The minimum Gasteiger partial charge on any atom is -0.381 e. The second-order valence-electron chi connectivity index (χ2n) is 3.69. The van der Waals surface area contributed by atoms with E-state index in [2.05, 4.69) is 35.7 Å². The van der Waals surface area contributed by atoms with Crippen LogP contribution in [0, 0.1) is 0 Å². The van der Waals surface area contributed by atoms with Gasteiger partial charge in [0.1, 0.15) is 6.04 Å². The Morgan fingerprint density at radius 2 is 1.42 bits per heavy atom. The molecule has 2 atom stereocenters. The summed E-state index contributed by atoms with van der Waals surface area (Å²) in [4.78, 5) is 23.4. The van der Waals surface area contributed by atoms with E-state index in [1.807, 2.05) is 0 Å². The van der Waals surface area contributed by atoms with Crippen molar-refractivity contribution >= 4 is 11.8 Å². The molecular formula is C13H21N3O3. The lowest BCUT2D eigenvalue weighted by Crippen LogP contribution is -2.56. The van der Waals surface area contributed by atoms with Crippen LogP contribution in [-0.2, 0) is 9.59 Å². The van der Waals surface area contributed by atoms with Crippen LogP contribution in [0.15, 0.2) is 38.0 Å². The van der Waals surface area contributed by atoms with Crippen LogP contribution < -0.4 is 16.0 Å². The molecule has 0 aliphatic carbocycles. The first-order valence-corrected chi connectivity index (χ1v) is 5.88. The quantitative estimate of drug-likeness (QED) is 0.386. The van der Waals surface area contributed by atoms with Gasteiger partial charge in [-0.2, -0.15) is 0 Å². The molecule has 0 spiro atoms. The van der Waals surface area contributed by atoms with Gasteiger partial charge in [-0.15, -0.1) is 19.7 Å². The molecule has 0 aliphatic heterocycles. The first kappa shape index (κ1) is 17.1. The molecule has 106 valence electrons. The number of carbonyl (C=O) groups excluding carboxylic acids is 2. The first-order chi connectivity index (χ1) is 9.08. The molecule has 0 rings (SSSR count). The molecule has 6 heteroatoms.